The van der Waals surface area contributed by atoms with Crippen LogP contribution in [0.4, 0.5) is 0 Å². The van der Waals surface area contributed by atoms with Gasteiger partial charge < -0.3 is 9.47 Å². The fourth-order valence-corrected chi connectivity index (χ4v) is 3.26. The Balaban J connectivity index is 1.73. The summed E-state index contributed by atoms with van der Waals surface area (Å²) < 4.78 is 12.4. The van der Waals surface area contributed by atoms with Crippen molar-refractivity contribution < 1.29 is 19.1 Å². The third-order valence-corrected chi connectivity index (χ3v) is 4.66. The summed E-state index contributed by atoms with van der Waals surface area (Å²) in [6.45, 7) is 5.45. The number of hydrazine groups is 1. The highest BCUT2D eigenvalue weighted by molar-refractivity contribution is 6.33. The number of para-hydroxylation sites is 1. The molecular weight excluding hydrogens is 420 g/mol. The Labute approximate surface area is 185 Å². The van der Waals surface area contributed by atoms with Crippen molar-refractivity contribution in [2.45, 2.75) is 26.9 Å². The average Bonchev–Trinajstić information content (AvgIpc) is 3.06. The maximum Gasteiger partial charge on any atom is 0.274 e. The molecule has 0 fully saturated rings. The fraction of sp³-hybridized carbons (Fsp3) is 0.227. The lowest BCUT2D eigenvalue weighted by Crippen LogP contribution is -2.41. The molecule has 0 bridgehead atoms. The number of hydrogen-bond acceptors (Lipinski definition) is 5. The van der Waals surface area contributed by atoms with Crippen LogP contribution in [0, 0.1) is 6.92 Å². The number of aromatic nitrogens is 2. The lowest BCUT2D eigenvalue weighted by molar-refractivity contribution is 0.0846. The Bertz CT molecular complexity index is 1100. The number of benzene rings is 2. The van der Waals surface area contributed by atoms with Gasteiger partial charge in [0.1, 0.15) is 10.7 Å². The molecule has 31 heavy (non-hydrogen) atoms. The molecule has 3 aromatic rings. The molecule has 0 unspecified atom stereocenters. The number of amides is 2. The van der Waals surface area contributed by atoms with Gasteiger partial charge in [0.25, 0.3) is 11.8 Å². The molecule has 0 aliphatic rings. The van der Waals surface area contributed by atoms with Crippen LogP contribution in [0.1, 0.15) is 40.3 Å². The zero-order valence-corrected chi connectivity index (χ0v) is 18.4. The van der Waals surface area contributed by atoms with E-state index in [-0.39, 0.29) is 22.4 Å². The third kappa shape index (κ3) is 4.97. The Morgan fingerprint density at radius 2 is 1.71 bits per heavy atom. The number of hydrogen-bond donors (Lipinski definition) is 2. The monoisotopic (exact) mass is 442 g/mol. The fourth-order valence-electron chi connectivity index (χ4n) is 2.91. The molecule has 2 amide bonds. The minimum absolute atomic E-state index is 0.0438. The molecule has 2 aromatic carbocycles. The maximum absolute atomic E-state index is 12.7. The van der Waals surface area contributed by atoms with Crippen LogP contribution in [0.2, 0.25) is 5.15 Å². The van der Waals surface area contributed by atoms with Crippen LogP contribution in [0.15, 0.2) is 48.5 Å². The van der Waals surface area contributed by atoms with E-state index in [1.165, 1.54) is 17.9 Å². The highest BCUT2D eigenvalue weighted by atomic mass is 35.5. The molecule has 9 heteroatoms. The number of rotatable bonds is 6. The van der Waals surface area contributed by atoms with Gasteiger partial charge in [-0.15, -0.1) is 0 Å². The zero-order chi connectivity index (χ0) is 22.5. The van der Waals surface area contributed by atoms with Crippen LogP contribution < -0.4 is 20.3 Å². The van der Waals surface area contributed by atoms with E-state index in [9.17, 15) is 9.59 Å². The molecule has 0 aliphatic heterocycles. The first-order chi connectivity index (χ1) is 14.8. The van der Waals surface area contributed by atoms with E-state index < -0.39 is 11.8 Å². The van der Waals surface area contributed by atoms with Crippen molar-refractivity contribution in [1.82, 2.24) is 20.6 Å². The van der Waals surface area contributed by atoms with Crippen LogP contribution in [-0.4, -0.2) is 34.8 Å². The van der Waals surface area contributed by atoms with Gasteiger partial charge in [0, 0.05) is 5.56 Å². The zero-order valence-electron chi connectivity index (χ0n) is 17.6. The van der Waals surface area contributed by atoms with Crippen LogP contribution >= 0.6 is 11.6 Å². The van der Waals surface area contributed by atoms with Gasteiger partial charge in [0.05, 0.1) is 24.6 Å². The van der Waals surface area contributed by atoms with Crippen molar-refractivity contribution in [3.05, 3.63) is 70.5 Å². The molecule has 162 valence electrons. The first kappa shape index (κ1) is 22.2. The Kier molecular flexibility index (Phi) is 6.81. The van der Waals surface area contributed by atoms with Gasteiger partial charge in [0.2, 0.25) is 0 Å². The van der Waals surface area contributed by atoms with Crippen molar-refractivity contribution in [3.8, 4) is 17.2 Å². The van der Waals surface area contributed by atoms with Crippen molar-refractivity contribution in [1.29, 1.82) is 0 Å². The average molecular weight is 443 g/mol. The van der Waals surface area contributed by atoms with Gasteiger partial charge >= 0.3 is 0 Å². The number of aryl methyl sites for hydroxylation is 1. The van der Waals surface area contributed by atoms with Crippen LogP contribution in [0.5, 0.6) is 11.5 Å². The largest absolute Gasteiger partial charge is 0.493 e. The summed E-state index contributed by atoms with van der Waals surface area (Å²) in [6.07, 6.45) is -0.0438. The lowest BCUT2D eigenvalue weighted by atomic mass is 10.2. The summed E-state index contributed by atoms with van der Waals surface area (Å²) in [4.78, 5) is 25.2. The van der Waals surface area contributed by atoms with Gasteiger partial charge in [-0.3, -0.25) is 20.4 Å². The van der Waals surface area contributed by atoms with Crippen LogP contribution in [0.3, 0.4) is 0 Å². The Morgan fingerprint density at radius 3 is 2.35 bits per heavy atom. The normalized spacial score (nSPS) is 10.6. The lowest BCUT2D eigenvalue weighted by Gasteiger charge is -2.14. The Hall–Kier alpha value is -3.52. The molecule has 8 nitrogen and oxygen atoms in total. The quantitative estimate of drug-likeness (QED) is 0.567. The predicted octanol–water partition coefficient (Wildman–Crippen LogP) is 3.70. The van der Waals surface area contributed by atoms with Crippen molar-refractivity contribution >= 4 is 23.4 Å². The molecule has 0 saturated carbocycles. The van der Waals surface area contributed by atoms with Gasteiger partial charge in [0.15, 0.2) is 11.5 Å². The number of methoxy groups -OCH3 is 1. The molecular formula is C22H23ClN4O4. The third-order valence-electron chi connectivity index (χ3n) is 4.31. The van der Waals surface area contributed by atoms with E-state index in [1.807, 2.05) is 44.2 Å². The van der Waals surface area contributed by atoms with Gasteiger partial charge in [-0.25, -0.2) is 4.68 Å². The van der Waals surface area contributed by atoms with E-state index >= 15 is 0 Å². The summed E-state index contributed by atoms with van der Waals surface area (Å²) in [5.41, 5.74) is 6.37. The second kappa shape index (κ2) is 9.53. The molecule has 0 atom stereocenters. The summed E-state index contributed by atoms with van der Waals surface area (Å²) in [6, 6.07) is 13.9. The summed E-state index contributed by atoms with van der Waals surface area (Å²) in [7, 11) is 1.49. The number of carbonyl (C=O) groups excluding carboxylic acids is 2. The molecule has 0 spiro atoms. The van der Waals surface area contributed by atoms with E-state index in [0.29, 0.717) is 17.2 Å². The first-order valence-electron chi connectivity index (χ1n) is 9.57. The smallest absolute Gasteiger partial charge is 0.274 e. The standard InChI is InChI=1S/C22H23ClN4O4/c1-13(2)31-17-11-10-15(12-18(17)30-4)21(28)24-25-22(29)19-14(3)26-27(20(19)23)16-8-6-5-7-9-16/h5-13H,1-4H3,(H,24,28)(H,25,29). The molecule has 2 N–H and O–H groups in total. The SMILES string of the molecule is COc1cc(C(=O)NNC(=O)c2c(C)nn(-c3ccccc3)c2Cl)ccc1OC(C)C. The maximum atomic E-state index is 12.7. The topological polar surface area (TPSA) is 94.5 Å². The summed E-state index contributed by atoms with van der Waals surface area (Å²) in [5, 5.41) is 4.47. The minimum Gasteiger partial charge on any atom is -0.493 e. The van der Waals surface area contributed by atoms with E-state index in [4.69, 9.17) is 21.1 Å². The highest BCUT2D eigenvalue weighted by Gasteiger charge is 2.22. The first-order valence-corrected chi connectivity index (χ1v) is 9.95. The van der Waals surface area contributed by atoms with E-state index in [1.54, 1.807) is 19.1 Å². The number of nitrogens with zero attached hydrogens (tertiary/aromatic N) is 2. The Morgan fingerprint density at radius 1 is 1.03 bits per heavy atom. The molecule has 3 rings (SSSR count). The second-order valence-corrected chi connectivity index (χ2v) is 7.30. The predicted molar refractivity (Wildman–Crippen MR) is 117 cm³/mol. The molecule has 1 aromatic heterocycles. The van der Waals surface area contributed by atoms with E-state index in [0.717, 1.165) is 5.69 Å². The molecule has 1 heterocycles. The molecule has 0 saturated heterocycles. The summed E-state index contributed by atoms with van der Waals surface area (Å²) in [5.74, 6) is -0.166. The van der Waals surface area contributed by atoms with Gasteiger partial charge in [-0.1, -0.05) is 29.8 Å². The number of halogens is 1. The highest BCUT2D eigenvalue weighted by Crippen LogP contribution is 2.29. The summed E-state index contributed by atoms with van der Waals surface area (Å²) >= 11 is 6.39. The van der Waals surface area contributed by atoms with Crippen molar-refractivity contribution in [2.24, 2.45) is 0 Å². The van der Waals surface area contributed by atoms with Crippen LogP contribution in [0.25, 0.3) is 5.69 Å². The number of nitrogens with one attached hydrogen (secondary N) is 2. The minimum atomic E-state index is -0.579. The van der Waals surface area contributed by atoms with Crippen LogP contribution in [-0.2, 0) is 0 Å². The second-order valence-electron chi connectivity index (χ2n) is 6.94. The van der Waals surface area contributed by atoms with Crippen molar-refractivity contribution in [2.75, 3.05) is 7.11 Å². The number of ether oxygens (including phenoxy) is 2. The molecule has 0 aliphatic carbocycles. The molecule has 0 radical (unpaired) electrons. The van der Waals surface area contributed by atoms with Crippen molar-refractivity contribution in [3.63, 3.8) is 0 Å². The number of carbonyl (C=O) groups is 2. The van der Waals surface area contributed by atoms with E-state index in [2.05, 4.69) is 16.0 Å². The van der Waals surface area contributed by atoms with Gasteiger partial charge in [-0.05, 0) is 51.1 Å². The van der Waals surface area contributed by atoms with Gasteiger partial charge in [-0.2, -0.15) is 5.10 Å².